The third kappa shape index (κ3) is 3.94. The molecule has 0 nitrogen and oxygen atoms in total. The number of benzene rings is 1. The van der Waals surface area contributed by atoms with E-state index in [0.717, 1.165) is 0 Å². The maximum absolute atomic E-state index is 2.51. The summed E-state index contributed by atoms with van der Waals surface area (Å²) in [4.78, 5) is 0. The van der Waals surface area contributed by atoms with Gasteiger partial charge in [-0.15, -0.1) is 24.8 Å². The smallest absolute Gasteiger partial charge is 0.147 e. The number of halogens is 2. The molecule has 0 spiro atoms. The number of allylic oxidation sites excluding steroid dienone is 5. The van der Waals surface area contributed by atoms with Gasteiger partial charge in [-0.2, -0.15) is 0 Å². The zero-order valence-electron chi connectivity index (χ0n) is 14.4. The molecule has 0 aliphatic heterocycles. The molecule has 23 heavy (non-hydrogen) atoms. The van der Waals surface area contributed by atoms with E-state index < -0.39 is 23.2 Å². The minimum atomic E-state index is -0.648. The fraction of sp³-hybridized carbons (Fsp3) is 0.400. The topological polar surface area (TPSA) is 0 Å². The fourth-order valence-electron chi connectivity index (χ4n) is 3.67. The van der Waals surface area contributed by atoms with Crippen molar-refractivity contribution < 1.29 is 23.2 Å². The maximum Gasteiger partial charge on any atom is -0.147 e. The summed E-state index contributed by atoms with van der Waals surface area (Å²) in [6.45, 7) is 9.32. The van der Waals surface area contributed by atoms with Crippen molar-refractivity contribution in [2.75, 3.05) is 0 Å². The van der Waals surface area contributed by atoms with Crippen LogP contribution in [0.5, 0.6) is 0 Å². The molecule has 124 valence electrons. The van der Waals surface area contributed by atoms with Crippen molar-refractivity contribution in [1.82, 2.24) is 0 Å². The summed E-state index contributed by atoms with van der Waals surface area (Å²) in [5.41, 5.74) is 7.71. The Labute approximate surface area is 164 Å². The first kappa shape index (κ1) is 20.9. The predicted molar refractivity (Wildman–Crippen MR) is 102 cm³/mol. The summed E-state index contributed by atoms with van der Waals surface area (Å²) >= 11 is -0.648. The van der Waals surface area contributed by atoms with Crippen LogP contribution in [0.25, 0.3) is 6.08 Å². The average molecular weight is 429 g/mol. The standard InChI is InChI=1S/C12H13.C8H11.2ClH.Zr/c1-8-4-5-9(2)12-10(3)6-7-11(8)12;1-2-5-8-6-3-4-7-8;;;/h4-7H,1-3H3;3,6H,2,4-5H2,1H3;2*1H;. The Morgan fingerprint density at radius 3 is 2.48 bits per heavy atom. The van der Waals surface area contributed by atoms with Gasteiger partial charge in [0, 0.05) is 0 Å². The van der Waals surface area contributed by atoms with E-state index in [-0.39, 0.29) is 24.8 Å². The van der Waals surface area contributed by atoms with Gasteiger partial charge in [-0.25, -0.2) is 0 Å². The number of fused-ring (bicyclic) bond motifs is 1. The zero-order valence-corrected chi connectivity index (χ0v) is 18.5. The van der Waals surface area contributed by atoms with Crippen molar-refractivity contribution in [2.45, 2.75) is 50.1 Å². The van der Waals surface area contributed by atoms with Gasteiger partial charge in [-0.3, -0.25) is 0 Å². The Bertz CT molecular complexity index is 670. The zero-order chi connectivity index (χ0) is 15.0. The van der Waals surface area contributed by atoms with Crippen molar-refractivity contribution in [2.24, 2.45) is 0 Å². The first-order valence-electron chi connectivity index (χ1n) is 8.02. The molecule has 1 atom stereocenters. The Kier molecular flexibility index (Phi) is 7.58. The molecule has 2 aliphatic carbocycles. The second-order valence-corrected chi connectivity index (χ2v) is 11.2. The van der Waals surface area contributed by atoms with E-state index in [0.29, 0.717) is 3.12 Å². The molecule has 1 unspecified atom stereocenters. The molecule has 3 rings (SSSR count). The summed E-state index contributed by atoms with van der Waals surface area (Å²) in [5, 5.41) is 0. The maximum atomic E-state index is 2.51. The SMILES string of the molecule is CCCC1=[C]([Zr][C]2(C)C=Cc3c(C)ccc(C)c32)CC=C1.Cl.Cl. The molecular formula is C20H26Cl2Zr. The summed E-state index contributed by atoms with van der Waals surface area (Å²) in [6, 6.07) is 4.58. The van der Waals surface area contributed by atoms with Gasteiger partial charge in [0.2, 0.25) is 0 Å². The van der Waals surface area contributed by atoms with Crippen LogP contribution in [0.4, 0.5) is 0 Å². The molecule has 0 N–H and O–H groups in total. The second kappa shape index (κ2) is 8.33. The molecule has 0 amide bonds. The molecule has 0 radical (unpaired) electrons. The van der Waals surface area contributed by atoms with Crippen molar-refractivity contribution >= 4 is 30.9 Å². The minimum absolute atomic E-state index is 0. The largest absolute Gasteiger partial charge is 0.147 e. The van der Waals surface area contributed by atoms with Gasteiger partial charge in [-0.1, -0.05) is 0 Å². The van der Waals surface area contributed by atoms with Crippen LogP contribution in [0.2, 0.25) is 0 Å². The van der Waals surface area contributed by atoms with E-state index in [2.05, 4.69) is 64.1 Å². The van der Waals surface area contributed by atoms with E-state index in [1.807, 2.05) is 3.28 Å². The van der Waals surface area contributed by atoms with Crippen LogP contribution in [0.1, 0.15) is 55.4 Å². The van der Waals surface area contributed by atoms with Crippen molar-refractivity contribution in [3.05, 3.63) is 61.5 Å². The van der Waals surface area contributed by atoms with Gasteiger partial charge in [0.05, 0.1) is 0 Å². The molecule has 0 saturated heterocycles. The van der Waals surface area contributed by atoms with E-state index in [9.17, 15) is 0 Å². The molecule has 1 aromatic carbocycles. The Hall–Kier alpha value is -0.0969. The molecule has 0 bridgehead atoms. The normalized spacial score (nSPS) is 21.0. The number of aryl methyl sites for hydroxylation is 2. The predicted octanol–water partition coefficient (Wildman–Crippen LogP) is 6.49. The van der Waals surface area contributed by atoms with Gasteiger partial charge in [-0.05, 0) is 0 Å². The van der Waals surface area contributed by atoms with E-state index in [1.165, 1.54) is 36.0 Å². The Morgan fingerprint density at radius 2 is 1.78 bits per heavy atom. The van der Waals surface area contributed by atoms with Crippen molar-refractivity contribution in [3.63, 3.8) is 0 Å². The minimum Gasteiger partial charge on any atom is -0.147 e. The van der Waals surface area contributed by atoms with Crippen LogP contribution in [-0.4, -0.2) is 0 Å². The summed E-state index contributed by atoms with van der Waals surface area (Å²) in [7, 11) is 0. The van der Waals surface area contributed by atoms with Gasteiger partial charge in [0.1, 0.15) is 0 Å². The molecule has 0 fully saturated rings. The van der Waals surface area contributed by atoms with Crippen LogP contribution in [-0.2, 0) is 26.4 Å². The molecule has 0 saturated carbocycles. The Balaban J connectivity index is 0.00000132. The Morgan fingerprint density at radius 1 is 1.09 bits per heavy atom. The summed E-state index contributed by atoms with van der Waals surface area (Å²) < 4.78 is 2.16. The molecule has 0 aromatic heterocycles. The van der Waals surface area contributed by atoms with Crippen LogP contribution in [0, 0.1) is 13.8 Å². The molecule has 1 aromatic rings. The van der Waals surface area contributed by atoms with Crippen molar-refractivity contribution in [3.8, 4) is 0 Å². The third-order valence-corrected chi connectivity index (χ3v) is 9.07. The number of hydrogen-bond donors (Lipinski definition) is 0. The van der Waals surface area contributed by atoms with Gasteiger partial charge in [0.15, 0.2) is 0 Å². The van der Waals surface area contributed by atoms with Gasteiger partial charge < -0.3 is 0 Å². The van der Waals surface area contributed by atoms with Gasteiger partial charge >= 0.3 is 141 Å². The number of hydrogen-bond acceptors (Lipinski definition) is 0. The van der Waals surface area contributed by atoms with Crippen LogP contribution < -0.4 is 0 Å². The third-order valence-electron chi connectivity index (χ3n) is 4.73. The first-order chi connectivity index (χ1) is 10.0. The molecule has 2 aliphatic rings. The monoisotopic (exact) mass is 426 g/mol. The number of rotatable bonds is 4. The van der Waals surface area contributed by atoms with E-state index >= 15 is 0 Å². The fourth-order valence-corrected chi connectivity index (χ4v) is 8.19. The van der Waals surface area contributed by atoms with Crippen LogP contribution >= 0.6 is 24.8 Å². The summed E-state index contributed by atoms with van der Waals surface area (Å²) in [5.74, 6) is 0. The first-order valence-corrected chi connectivity index (χ1v) is 10.5. The second-order valence-electron chi connectivity index (χ2n) is 6.51. The van der Waals surface area contributed by atoms with Crippen LogP contribution in [0.15, 0.2) is 39.2 Å². The molecule has 3 heteroatoms. The molecular weight excluding hydrogens is 402 g/mol. The van der Waals surface area contributed by atoms with Gasteiger partial charge in [0.25, 0.3) is 0 Å². The van der Waals surface area contributed by atoms with Crippen molar-refractivity contribution in [1.29, 1.82) is 0 Å². The average Bonchev–Trinajstić information content (AvgIpc) is 3.01. The van der Waals surface area contributed by atoms with E-state index in [1.54, 1.807) is 11.1 Å². The van der Waals surface area contributed by atoms with Crippen LogP contribution in [0.3, 0.4) is 0 Å². The van der Waals surface area contributed by atoms with E-state index in [4.69, 9.17) is 0 Å². The molecule has 0 heterocycles. The quantitative estimate of drug-likeness (QED) is 0.514. The summed E-state index contributed by atoms with van der Waals surface area (Å²) in [6.07, 6.45) is 13.4.